The Morgan fingerprint density at radius 2 is 2.40 bits per heavy atom. The van der Waals surface area contributed by atoms with E-state index in [1.54, 1.807) is 0 Å². The topological polar surface area (TPSA) is 35.0 Å². The Hall–Kier alpha value is -1.16. The van der Waals surface area contributed by atoms with E-state index in [2.05, 4.69) is 16.9 Å². The first-order valence-corrected chi connectivity index (χ1v) is 5.08. The van der Waals surface area contributed by atoms with Crippen molar-refractivity contribution in [1.29, 1.82) is 0 Å². The van der Waals surface area contributed by atoms with Gasteiger partial charge in [0.25, 0.3) is 0 Å². The van der Waals surface area contributed by atoms with E-state index in [1.165, 1.54) is 12.3 Å². The molecule has 15 heavy (non-hydrogen) atoms. The van der Waals surface area contributed by atoms with E-state index in [1.807, 2.05) is 0 Å². The zero-order valence-electron chi connectivity index (χ0n) is 8.41. The molecule has 0 aromatic carbocycles. The highest BCUT2D eigenvalue weighted by Gasteiger charge is 2.01. The predicted octanol–water partition coefficient (Wildman–Crippen LogP) is 3.06. The first-order valence-electron chi connectivity index (χ1n) is 4.70. The molecule has 0 amide bonds. The third kappa shape index (κ3) is 4.25. The van der Waals surface area contributed by atoms with Crippen molar-refractivity contribution in [3.8, 4) is 0 Å². The Morgan fingerprint density at radius 1 is 1.60 bits per heavy atom. The Balaban J connectivity index is 2.52. The van der Waals surface area contributed by atoms with Gasteiger partial charge in [0.2, 0.25) is 5.28 Å². The van der Waals surface area contributed by atoms with Gasteiger partial charge >= 0.3 is 0 Å². The van der Waals surface area contributed by atoms with Crippen molar-refractivity contribution < 1.29 is 9.13 Å². The predicted molar refractivity (Wildman–Crippen MR) is 56.9 cm³/mol. The number of nitrogens with zero attached hydrogens (tertiary/aromatic N) is 2. The SMILES string of the molecule is CCCCOC=Cc1nc(Cl)ncc1F. The maximum Gasteiger partial charge on any atom is 0.223 e. The maximum absolute atomic E-state index is 13.1. The molecule has 0 aliphatic rings. The van der Waals surface area contributed by atoms with Crippen molar-refractivity contribution in [2.24, 2.45) is 0 Å². The van der Waals surface area contributed by atoms with Crippen molar-refractivity contribution in [3.63, 3.8) is 0 Å². The lowest BCUT2D eigenvalue weighted by Gasteiger charge is -1.98. The van der Waals surface area contributed by atoms with Gasteiger partial charge in [-0.3, -0.25) is 0 Å². The lowest BCUT2D eigenvalue weighted by atomic mass is 10.4. The summed E-state index contributed by atoms with van der Waals surface area (Å²) in [6, 6.07) is 0. The van der Waals surface area contributed by atoms with Crippen molar-refractivity contribution in [2.75, 3.05) is 6.61 Å². The molecule has 0 radical (unpaired) electrons. The van der Waals surface area contributed by atoms with Gasteiger partial charge in [-0.05, 0) is 18.0 Å². The molecule has 0 saturated carbocycles. The summed E-state index contributed by atoms with van der Waals surface area (Å²) in [4.78, 5) is 7.20. The molecule has 1 rings (SSSR count). The van der Waals surface area contributed by atoms with Gasteiger partial charge in [-0.2, -0.15) is 0 Å². The van der Waals surface area contributed by atoms with Crippen LogP contribution in [-0.4, -0.2) is 16.6 Å². The highest BCUT2D eigenvalue weighted by Crippen LogP contribution is 2.08. The number of rotatable bonds is 5. The van der Waals surface area contributed by atoms with Crippen LogP contribution in [0.25, 0.3) is 6.08 Å². The second-order valence-electron chi connectivity index (χ2n) is 2.90. The van der Waals surface area contributed by atoms with Gasteiger partial charge in [-0.15, -0.1) is 0 Å². The quantitative estimate of drug-likeness (QED) is 0.443. The van der Waals surface area contributed by atoms with E-state index >= 15 is 0 Å². The molecular formula is C10H12ClFN2O. The number of hydrogen-bond acceptors (Lipinski definition) is 3. The smallest absolute Gasteiger partial charge is 0.223 e. The minimum Gasteiger partial charge on any atom is -0.501 e. The molecule has 3 nitrogen and oxygen atoms in total. The largest absolute Gasteiger partial charge is 0.501 e. The molecule has 0 spiro atoms. The summed E-state index contributed by atoms with van der Waals surface area (Å²) in [7, 11) is 0. The van der Waals surface area contributed by atoms with Crippen LogP contribution in [0.2, 0.25) is 5.28 Å². The Morgan fingerprint density at radius 3 is 3.13 bits per heavy atom. The molecule has 0 saturated heterocycles. The van der Waals surface area contributed by atoms with Gasteiger partial charge in [0.15, 0.2) is 5.82 Å². The summed E-state index contributed by atoms with van der Waals surface area (Å²) >= 11 is 5.52. The van der Waals surface area contributed by atoms with Crippen molar-refractivity contribution in [2.45, 2.75) is 19.8 Å². The zero-order chi connectivity index (χ0) is 11.1. The average Bonchev–Trinajstić information content (AvgIpc) is 2.23. The van der Waals surface area contributed by atoms with Crippen molar-refractivity contribution in [1.82, 2.24) is 9.97 Å². The number of aromatic nitrogens is 2. The molecule has 0 atom stereocenters. The number of halogens is 2. The first kappa shape index (κ1) is 11.9. The van der Waals surface area contributed by atoms with E-state index in [0.29, 0.717) is 6.61 Å². The summed E-state index contributed by atoms with van der Waals surface area (Å²) in [5, 5.41) is 0.0182. The number of unbranched alkanes of at least 4 members (excludes halogenated alkanes) is 1. The van der Waals surface area contributed by atoms with Gasteiger partial charge in [-0.1, -0.05) is 13.3 Å². The zero-order valence-corrected chi connectivity index (χ0v) is 9.17. The van der Waals surface area contributed by atoms with Crippen molar-refractivity contribution in [3.05, 3.63) is 29.3 Å². The Bertz CT molecular complexity index is 344. The normalized spacial score (nSPS) is 10.9. The summed E-state index contributed by atoms with van der Waals surface area (Å²) in [6.45, 7) is 2.68. The van der Waals surface area contributed by atoms with Crippen LogP contribution in [0.4, 0.5) is 4.39 Å². The average molecular weight is 231 g/mol. The number of hydrogen-bond donors (Lipinski definition) is 0. The molecule has 1 aromatic rings. The summed E-state index contributed by atoms with van der Waals surface area (Å²) < 4.78 is 18.2. The highest BCUT2D eigenvalue weighted by atomic mass is 35.5. The molecule has 0 fully saturated rings. The molecule has 0 unspecified atom stereocenters. The molecule has 0 aliphatic carbocycles. The van der Waals surface area contributed by atoms with Crippen LogP contribution in [0.3, 0.4) is 0 Å². The molecule has 1 aromatic heterocycles. The van der Waals surface area contributed by atoms with Gasteiger partial charge < -0.3 is 4.74 Å². The van der Waals surface area contributed by atoms with Crippen LogP contribution in [-0.2, 0) is 4.74 Å². The highest BCUT2D eigenvalue weighted by molar-refractivity contribution is 6.28. The fourth-order valence-corrected chi connectivity index (χ4v) is 1.02. The third-order valence-electron chi connectivity index (χ3n) is 1.68. The van der Waals surface area contributed by atoms with Gasteiger partial charge in [-0.25, -0.2) is 14.4 Å². The molecular weight excluding hydrogens is 219 g/mol. The fourth-order valence-electron chi connectivity index (χ4n) is 0.883. The van der Waals surface area contributed by atoms with Crippen LogP contribution in [0.15, 0.2) is 12.5 Å². The monoisotopic (exact) mass is 230 g/mol. The third-order valence-corrected chi connectivity index (χ3v) is 1.86. The minimum atomic E-state index is -0.519. The molecule has 1 heterocycles. The van der Waals surface area contributed by atoms with Crippen LogP contribution in [0.5, 0.6) is 0 Å². The maximum atomic E-state index is 13.1. The van der Waals surface area contributed by atoms with Crippen LogP contribution >= 0.6 is 11.6 Å². The summed E-state index contributed by atoms with van der Waals surface area (Å²) in [6.07, 6.45) is 5.90. The summed E-state index contributed by atoms with van der Waals surface area (Å²) in [5.41, 5.74) is 0.131. The van der Waals surface area contributed by atoms with Crippen LogP contribution in [0.1, 0.15) is 25.5 Å². The van der Waals surface area contributed by atoms with Crippen LogP contribution in [0, 0.1) is 5.82 Å². The van der Waals surface area contributed by atoms with Crippen LogP contribution < -0.4 is 0 Å². The van der Waals surface area contributed by atoms with E-state index in [0.717, 1.165) is 19.0 Å². The van der Waals surface area contributed by atoms with Crippen molar-refractivity contribution >= 4 is 17.7 Å². The lowest BCUT2D eigenvalue weighted by Crippen LogP contribution is -1.92. The minimum absolute atomic E-state index is 0.0182. The van der Waals surface area contributed by atoms with E-state index in [-0.39, 0.29) is 11.0 Å². The molecule has 0 aliphatic heterocycles. The standard InChI is InChI=1S/C10H12ClFN2O/c1-2-3-5-15-6-4-9-8(12)7-13-10(11)14-9/h4,6-7H,2-3,5H2,1H3. The Labute approximate surface area is 93.0 Å². The second kappa shape index (κ2) is 6.35. The first-order chi connectivity index (χ1) is 7.24. The van der Waals surface area contributed by atoms with Gasteiger partial charge in [0.1, 0.15) is 5.69 Å². The fraction of sp³-hybridized carbons (Fsp3) is 0.400. The van der Waals surface area contributed by atoms with E-state index in [9.17, 15) is 4.39 Å². The molecule has 5 heteroatoms. The number of ether oxygens (including phenoxy) is 1. The summed E-state index contributed by atoms with van der Waals surface area (Å²) in [5.74, 6) is -0.519. The Kier molecular flexibility index (Phi) is 5.04. The second-order valence-corrected chi connectivity index (χ2v) is 3.24. The molecule has 82 valence electrons. The van der Waals surface area contributed by atoms with Gasteiger partial charge in [0.05, 0.1) is 19.1 Å². The lowest BCUT2D eigenvalue weighted by molar-refractivity contribution is 0.246. The molecule has 0 N–H and O–H groups in total. The van der Waals surface area contributed by atoms with E-state index < -0.39 is 5.82 Å². The molecule has 0 bridgehead atoms. The van der Waals surface area contributed by atoms with Gasteiger partial charge in [0, 0.05) is 6.08 Å². The van der Waals surface area contributed by atoms with E-state index in [4.69, 9.17) is 16.3 Å².